The molecule has 29 heavy (non-hydrogen) atoms. The number of benzene rings is 2. The molecular weight excluding hydrogens is 366 g/mol. The van der Waals surface area contributed by atoms with Crippen LogP contribution >= 0.6 is 0 Å². The van der Waals surface area contributed by atoms with Gasteiger partial charge in [0.2, 0.25) is 0 Å². The Morgan fingerprint density at radius 3 is 2.66 bits per heavy atom. The Kier molecular flexibility index (Phi) is 5.74. The molecule has 0 fully saturated rings. The second-order valence-electron chi connectivity index (χ2n) is 7.06. The number of carbonyl (C=O) groups is 1. The van der Waals surface area contributed by atoms with Crippen molar-refractivity contribution in [3.63, 3.8) is 0 Å². The summed E-state index contributed by atoms with van der Waals surface area (Å²) < 4.78 is 7.23. The number of hydrogen-bond donors (Lipinski definition) is 1. The van der Waals surface area contributed by atoms with Crippen molar-refractivity contribution >= 4 is 17.4 Å². The van der Waals surface area contributed by atoms with Crippen LogP contribution in [-0.4, -0.2) is 27.9 Å². The molecule has 0 aliphatic carbocycles. The minimum atomic E-state index is -0.230. The molecule has 1 aliphatic rings. The first-order chi connectivity index (χ1) is 14.2. The fourth-order valence-electron chi connectivity index (χ4n) is 3.47. The van der Waals surface area contributed by atoms with Gasteiger partial charge in [0.15, 0.2) is 5.82 Å². The highest BCUT2D eigenvalue weighted by Gasteiger charge is 2.21. The van der Waals surface area contributed by atoms with Crippen LogP contribution in [0.3, 0.4) is 0 Å². The molecule has 4 rings (SSSR count). The van der Waals surface area contributed by atoms with Gasteiger partial charge >= 0.3 is 6.03 Å². The second-order valence-corrected chi connectivity index (χ2v) is 7.06. The normalized spacial score (nSPS) is 13.3. The van der Waals surface area contributed by atoms with Crippen molar-refractivity contribution in [1.29, 1.82) is 0 Å². The molecule has 0 spiro atoms. The smallest absolute Gasteiger partial charge is 0.326 e. The number of fused-ring (bicyclic) bond motifs is 1. The standard InChI is InChI=1S/C22H25N5O2/c1-29-19-13-11-18(12-14-19)26(22(28)23-17-8-4-2-5-9-17)16-20-24-21-10-6-3-7-15-27(21)25-20/h2,4-5,8-9,11-14H,3,6-7,10,15-16H2,1H3,(H,23,28). The highest BCUT2D eigenvalue weighted by atomic mass is 16.5. The Morgan fingerprint density at radius 2 is 1.90 bits per heavy atom. The molecule has 0 saturated carbocycles. The Labute approximate surface area is 170 Å². The van der Waals surface area contributed by atoms with E-state index in [1.807, 2.05) is 59.3 Å². The van der Waals surface area contributed by atoms with Gasteiger partial charge < -0.3 is 10.1 Å². The molecule has 0 atom stereocenters. The third-order valence-electron chi connectivity index (χ3n) is 5.02. The number of nitrogens with one attached hydrogen (secondary N) is 1. The number of amides is 2. The zero-order chi connectivity index (χ0) is 20.1. The van der Waals surface area contributed by atoms with Crippen LogP contribution in [0.1, 0.15) is 30.9 Å². The van der Waals surface area contributed by atoms with Crippen molar-refractivity contribution in [3.05, 3.63) is 66.2 Å². The number of urea groups is 1. The summed E-state index contributed by atoms with van der Waals surface area (Å²) in [6.07, 6.45) is 4.39. The van der Waals surface area contributed by atoms with Gasteiger partial charge in [0.1, 0.15) is 11.6 Å². The number of hydrogen-bond acceptors (Lipinski definition) is 4. The monoisotopic (exact) mass is 391 g/mol. The summed E-state index contributed by atoms with van der Waals surface area (Å²) >= 11 is 0. The zero-order valence-corrected chi connectivity index (χ0v) is 16.5. The fourth-order valence-corrected chi connectivity index (χ4v) is 3.47. The lowest BCUT2D eigenvalue weighted by atomic mass is 10.2. The Morgan fingerprint density at radius 1 is 1.10 bits per heavy atom. The molecule has 3 aromatic rings. The summed E-state index contributed by atoms with van der Waals surface area (Å²) in [5.41, 5.74) is 1.49. The average molecular weight is 391 g/mol. The van der Waals surface area contributed by atoms with Gasteiger partial charge in [-0.2, -0.15) is 5.10 Å². The van der Waals surface area contributed by atoms with Gasteiger partial charge in [-0.15, -0.1) is 0 Å². The number of methoxy groups -OCH3 is 1. The highest BCUT2D eigenvalue weighted by molar-refractivity contribution is 6.01. The maximum Gasteiger partial charge on any atom is 0.326 e. The molecule has 2 amide bonds. The number of anilines is 2. The van der Waals surface area contributed by atoms with Crippen LogP contribution in [0.5, 0.6) is 5.75 Å². The molecule has 7 nitrogen and oxygen atoms in total. The van der Waals surface area contributed by atoms with Crippen LogP contribution in [0, 0.1) is 0 Å². The molecule has 0 unspecified atom stereocenters. The lowest BCUT2D eigenvalue weighted by Gasteiger charge is -2.22. The average Bonchev–Trinajstić information content (AvgIpc) is 3.01. The summed E-state index contributed by atoms with van der Waals surface area (Å²) in [4.78, 5) is 19.5. The molecule has 1 aliphatic heterocycles. The highest BCUT2D eigenvalue weighted by Crippen LogP contribution is 2.22. The lowest BCUT2D eigenvalue weighted by molar-refractivity contribution is 0.256. The maximum atomic E-state index is 13.1. The van der Waals surface area contributed by atoms with E-state index in [0.29, 0.717) is 12.4 Å². The van der Waals surface area contributed by atoms with Crippen molar-refractivity contribution < 1.29 is 9.53 Å². The van der Waals surface area contributed by atoms with Crippen molar-refractivity contribution in [3.8, 4) is 5.75 Å². The van der Waals surface area contributed by atoms with Crippen LogP contribution in [0.15, 0.2) is 54.6 Å². The van der Waals surface area contributed by atoms with E-state index in [-0.39, 0.29) is 6.03 Å². The minimum Gasteiger partial charge on any atom is -0.497 e. The van der Waals surface area contributed by atoms with Crippen LogP contribution in [0.25, 0.3) is 0 Å². The number of aromatic nitrogens is 3. The number of aryl methyl sites for hydroxylation is 2. The van der Waals surface area contributed by atoms with Gasteiger partial charge in [-0.1, -0.05) is 24.6 Å². The van der Waals surface area contributed by atoms with E-state index in [2.05, 4.69) is 10.4 Å². The van der Waals surface area contributed by atoms with Gasteiger partial charge in [-0.3, -0.25) is 4.90 Å². The quantitative estimate of drug-likeness (QED) is 0.706. The lowest BCUT2D eigenvalue weighted by Crippen LogP contribution is -2.35. The van der Waals surface area contributed by atoms with Crippen molar-refractivity contribution in [1.82, 2.24) is 14.8 Å². The summed E-state index contributed by atoms with van der Waals surface area (Å²) in [5.74, 6) is 2.40. The van der Waals surface area contributed by atoms with Gasteiger partial charge in [0.25, 0.3) is 0 Å². The van der Waals surface area contributed by atoms with Crippen molar-refractivity contribution in [2.75, 3.05) is 17.3 Å². The number of nitrogens with zero attached hydrogens (tertiary/aromatic N) is 4. The molecule has 2 aromatic carbocycles. The Balaban J connectivity index is 1.59. The zero-order valence-electron chi connectivity index (χ0n) is 16.5. The summed E-state index contributed by atoms with van der Waals surface area (Å²) in [7, 11) is 1.62. The Hall–Kier alpha value is -3.35. The molecule has 0 radical (unpaired) electrons. The predicted octanol–water partition coefficient (Wildman–Crippen LogP) is 4.25. The second kappa shape index (κ2) is 8.77. The molecule has 1 aromatic heterocycles. The largest absolute Gasteiger partial charge is 0.497 e. The van der Waals surface area contributed by atoms with E-state index in [4.69, 9.17) is 9.72 Å². The number of rotatable bonds is 5. The first-order valence-corrected chi connectivity index (χ1v) is 9.93. The maximum absolute atomic E-state index is 13.1. The number of carbonyl (C=O) groups excluding carboxylic acids is 1. The first kappa shape index (κ1) is 19.0. The molecule has 0 saturated heterocycles. The number of ether oxygens (including phenoxy) is 1. The van der Waals surface area contributed by atoms with E-state index in [1.165, 1.54) is 6.42 Å². The third-order valence-corrected chi connectivity index (χ3v) is 5.02. The molecule has 2 heterocycles. The van der Waals surface area contributed by atoms with Gasteiger partial charge in [0.05, 0.1) is 13.7 Å². The topological polar surface area (TPSA) is 72.3 Å². The predicted molar refractivity (Wildman–Crippen MR) is 112 cm³/mol. The van der Waals surface area contributed by atoms with Crippen molar-refractivity contribution in [2.45, 2.75) is 38.8 Å². The van der Waals surface area contributed by atoms with Crippen LogP contribution in [0.2, 0.25) is 0 Å². The molecular formula is C22H25N5O2. The summed E-state index contributed by atoms with van der Waals surface area (Å²) in [6, 6.07) is 16.6. The van der Waals surface area contributed by atoms with Crippen molar-refractivity contribution in [2.24, 2.45) is 0 Å². The molecule has 0 bridgehead atoms. The van der Waals surface area contributed by atoms with E-state index in [1.54, 1.807) is 12.0 Å². The van der Waals surface area contributed by atoms with E-state index < -0.39 is 0 Å². The van der Waals surface area contributed by atoms with Crippen LogP contribution in [0.4, 0.5) is 16.2 Å². The Bertz CT molecular complexity index is 930. The molecule has 7 heteroatoms. The van der Waals surface area contributed by atoms with E-state index in [0.717, 1.165) is 48.8 Å². The van der Waals surface area contributed by atoms with Crippen LogP contribution in [-0.2, 0) is 19.5 Å². The van der Waals surface area contributed by atoms with Gasteiger partial charge in [-0.25, -0.2) is 14.5 Å². The third kappa shape index (κ3) is 4.56. The minimum absolute atomic E-state index is 0.230. The van der Waals surface area contributed by atoms with Gasteiger partial charge in [-0.05, 0) is 49.2 Å². The number of para-hydroxylation sites is 1. The molecule has 150 valence electrons. The van der Waals surface area contributed by atoms with Gasteiger partial charge in [0, 0.05) is 24.3 Å². The van der Waals surface area contributed by atoms with E-state index >= 15 is 0 Å². The SMILES string of the molecule is COc1ccc(N(Cc2nc3n(n2)CCCCC3)C(=O)Nc2ccccc2)cc1. The summed E-state index contributed by atoms with van der Waals surface area (Å²) in [5, 5.41) is 7.61. The first-order valence-electron chi connectivity index (χ1n) is 9.93. The van der Waals surface area contributed by atoms with Crippen LogP contribution < -0.4 is 15.0 Å². The van der Waals surface area contributed by atoms with E-state index in [9.17, 15) is 4.79 Å². The summed E-state index contributed by atoms with van der Waals surface area (Å²) in [6.45, 7) is 1.19. The molecule has 1 N–H and O–H groups in total. The fraction of sp³-hybridized carbons (Fsp3) is 0.318.